The lowest BCUT2D eigenvalue weighted by Crippen LogP contribution is -2.26. The minimum absolute atomic E-state index is 0.236. The molecule has 1 saturated carbocycles. The molecule has 2 atom stereocenters. The van der Waals surface area contributed by atoms with Gasteiger partial charge in [-0.2, -0.15) is 5.10 Å². The molecular weight excluding hydrogens is 212 g/mol. The van der Waals surface area contributed by atoms with Gasteiger partial charge in [0, 0.05) is 7.05 Å². The average molecular weight is 224 g/mol. The summed E-state index contributed by atoms with van der Waals surface area (Å²) in [6.07, 6.45) is 1.97. The third kappa shape index (κ3) is 2.18. The SMILES string of the molecule is Cn1cnc(CNC(=O)C2CC2C(=O)O)n1. The maximum Gasteiger partial charge on any atom is 0.307 e. The highest BCUT2D eigenvalue weighted by molar-refractivity contribution is 5.89. The Bertz CT molecular complexity index is 428. The van der Waals surface area contributed by atoms with E-state index in [1.807, 2.05) is 0 Å². The monoisotopic (exact) mass is 224 g/mol. The molecule has 0 saturated heterocycles. The number of hydrogen-bond acceptors (Lipinski definition) is 4. The van der Waals surface area contributed by atoms with Crippen LogP contribution in [0.3, 0.4) is 0 Å². The molecule has 1 aromatic heterocycles. The van der Waals surface area contributed by atoms with Crippen LogP contribution < -0.4 is 5.32 Å². The number of nitrogens with zero attached hydrogens (tertiary/aromatic N) is 3. The minimum Gasteiger partial charge on any atom is -0.481 e. The number of nitrogens with one attached hydrogen (secondary N) is 1. The Balaban J connectivity index is 1.79. The van der Waals surface area contributed by atoms with E-state index in [1.54, 1.807) is 18.1 Å². The van der Waals surface area contributed by atoms with Crippen LogP contribution in [-0.4, -0.2) is 31.7 Å². The van der Waals surface area contributed by atoms with Gasteiger partial charge < -0.3 is 10.4 Å². The summed E-state index contributed by atoms with van der Waals surface area (Å²) in [5.41, 5.74) is 0. The highest BCUT2D eigenvalue weighted by atomic mass is 16.4. The van der Waals surface area contributed by atoms with E-state index in [9.17, 15) is 9.59 Å². The van der Waals surface area contributed by atoms with Gasteiger partial charge in [0.05, 0.1) is 18.4 Å². The van der Waals surface area contributed by atoms with Gasteiger partial charge in [0.25, 0.3) is 0 Å². The smallest absolute Gasteiger partial charge is 0.307 e. The molecule has 2 N–H and O–H groups in total. The van der Waals surface area contributed by atoms with Crippen molar-refractivity contribution in [2.75, 3.05) is 0 Å². The van der Waals surface area contributed by atoms with Crippen LogP contribution >= 0.6 is 0 Å². The normalized spacial score (nSPS) is 22.8. The number of carboxylic acids is 1. The van der Waals surface area contributed by atoms with E-state index in [1.165, 1.54) is 0 Å². The maximum atomic E-state index is 11.5. The molecule has 0 bridgehead atoms. The van der Waals surface area contributed by atoms with Crippen molar-refractivity contribution in [3.8, 4) is 0 Å². The van der Waals surface area contributed by atoms with E-state index in [4.69, 9.17) is 5.11 Å². The number of carbonyl (C=O) groups excluding carboxylic acids is 1. The summed E-state index contributed by atoms with van der Waals surface area (Å²) in [6, 6.07) is 0. The molecule has 1 heterocycles. The largest absolute Gasteiger partial charge is 0.481 e. The van der Waals surface area contributed by atoms with E-state index >= 15 is 0 Å². The van der Waals surface area contributed by atoms with Gasteiger partial charge in [0.15, 0.2) is 5.82 Å². The van der Waals surface area contributed by atoms with Gasteiger partial charge in [-0.05, 0) is 6.42 Å². The van der Waals surface area contributed by atoms with Crippen LogP contribution in [0.4, 0.5) is 0 Å². The van der Waals surface area contributed by atoms with Crippen LogP contribution in [0.5, 0.6) is 0 Å². The zero-order valence-electron chi connectivity index (χ0n) is 8.75. The summed E-state index contributed by atoms with van der Waals surface area (Å²) in [4.78, 5) is 26.0. The number of rotatable bonds is 4. The van der Waals surface area contributed by atoms with E-state index in [-0.39, 0.29) is 18.4 Å². The van der Waals surface area contributed by atoms with Gasteiger partial charge in [0.2, 0.25) is 5.91 Å². The number of carbonyl (C=O) groups is 2. The van der Waals surface area contributed by atoms with Gasteiger partial charge in [-0.15, -0.1) is 0 Å². The molecule has 0 radical (unpaired) electrons. The summed E-state index contributed by atoms with van der Waals surface area (Å²) in [5.74, 6) is -1.53. The molecule has 1 aliphatic rings. The lowest BCUT2D eigenvalue weighted by Gasteiger charge is -2.00. The summed E-state index contributed by atoms with van der Waals surface area (Å²) < 4.78 is 1.54. The molecule has 7 nitrogen and oxygen atoms in total. The maximum absolute atomic E-state index is 11.5. The molecule has 0 spiro atoms. The first kappa shape index (κ1) is 10.6. The molecular formula is C9H12N4O3. The summed E-state index contributed by atoms with van der Waals surface area (Å²) >= 11 is 0. The Labute approximate surface area is 91.5 Å². The van der Waals surface area contributed by atoms with Crippen LogP contribution in [0.25, 0.3) is 0 Å². The number of hydrogen-bond donors (Lipinski definition) is 2. The first-order valence-corrected chi connectivity index (χ1v) is 4.93. The predicted molar refractivity (Wildman–Crippen MR) is 52.1 cm³/mol. The van der Waals surface area contributed by atoms with E-state index in [0.717, 1.165) is 0 Å². The molecule has 1 amide bonds. The Morgan fingerprint density at radius 1 is 1.62 bits per heavy atom. The van der Waals surface area contributed by atoms with Crippen molar-refractivity contribution in [2.45, 2.75) is 13.0 Å². The van der Waals surface area contributed by atoms with Gasteiger partial charge in [-0.25, -0.2) is 4.98 Å². The third-order valence-corrected chi connectivity index (χ3v) is 2.51. The molecule has 2 unspecified atom stereocenters. The van der Waals surface area contributed by atoms with E-state index in [0.29, 0.717) is 12.2 Å². The molecule has 0 aliphatic heterocycles. The second kappa shape index (κ2) is 3.92. The molecule has 16 heavy (non-hydrogen) atoms. The highest BCUT2D eigenvalue weighted by Gasteiger charge is 2.48. The van der Waals surface area contributed by atoms with E-state index in [2.05, 4.69) is 15.4 Å². The molecule has 1 fully saturated rings. The van der Waals surface area contributed by atoms with Crippen LogP contribution in [0.15, 0.2) is 6.33 Å². The molecule has 1 aromatic rings. The lowest BCUT2D eigenvalue weighted by molar-refractivity contribution is -0.140. The second-order valence-electron chi connectivity index (χ2n) is 3.84. The predicted octanol–water partition coefficient (Wildman–Crippen LogP) is -0.848. The van der Waals surface area contributed by atoms with Crippen LogP contribution in [0.2, 0.25) is 0 Å². The quantitative estimate of drug-likeness (QED) is 0.694. The standard InChI is InChI=1S/C9H12N4O3/c1-13-4-11-7(12-13)3-10-8(14)5-2-6(5)9(15)16/h4-6H,2-3H2,1H3,(H,10,14)(H,15,16). The van der Waals surface area contributed by atoms with Crippen molar-refractivity contribution in [2.24, 2.45) is 18.9 Å². The van der Waals surface area contributed by atoms with E-state index < -0.39 is 11.9 Å². The van der Waals surface area contributed by atoms with Crippen LogP contribution in [-0.2, 0) is 23.2 Å². The minimum atomic E-state index is -0.906. The van der Waals surface area contributed by atoms with Crippen molar-refractivity contribution in [1.29, 1.82) is 0 Å². The van der Waals surface area contributed by atoms with Gasteiger partial charge in [-0.3, -0.25) is 14.3 Å². The molecule has 0 aromatic carbocycles. The van der Waals surface area contributed by atoms with Gasteiger partial charge >= 0.3 is 5.97 Å². The Hall–Kier alpha value is -1.92. The van der Waals surface area contributed by atoms with Crippen molar-refractivity contribution in [1.82, 2.24) is 20.1 Å². The second-order valence-corrected chi connectivity index (χ2v) is 3.84. The van der Waals surface area contributed by atoms with Crippen LogP contribution in [0.1, 0.15) is 12.2 Å². The Kier molecular flexibility index (Phi) is 2.59. The number of carboxylic acid groups (broad SMARTS) is 1. The summed E-state index contributed by atoms with van der Waals surface area (Å²) in [5, 5.41) is 15.3. The lowest BCUT2D eigenvalue weighted by atomic mass is 10.3. The molecule has 1 aliphatic carbocycles. The van der Waals surface area contributed by atoms with Gasteiger partial charge in [-0.1, -0.05) is 0 Å². The topological polar surface area (TPSA) is 97.1 Å². The Morgan fingerprint density at radius 3 is 2.88 bits per heavy atom. The average Bonchev–Trinajstić information content (AvgIpc) is 2.93. The molecule has 86 valence electrons. The summed E-state index contributed by atoms with van der Waals surface area (Å²) in [6.45, 7) is 0.239. The number of aryl methyl sites for hydroxylation is 1. The number of aliphatic carboxylic acids is 1. The first-order chi connectivity index (χ1) is 7.58. The zero-order valence-corrected chi connectivity index (χ0v) is 8.75. The third-order valence-electron chi connectivity index (χ3n) is 2.51. The fourth-order valence-corrected chi connectivity index (χ4v) is 1.52. The van der Waals surface area contributed by atoms with Gasteiger partial charge in [0.1, 0.15) is 6.33 Å². The fraction of sp³-hybridized carbons (Fsp3) is 0.556. The van der Waals surface area contributed by atoms with Crippen molar-refractivity contribution in [3.05, 3.63) is 12.2 Å². The molecule has 2 rings (SSSR count). The zero-order chi connectivity index (χ0) is 11.7. The first-order valence-electron chi connectivity index (χ1n) is 4.93. The van der Waals surface area contributed by atoms with Crippen molar-refractivity contribution >= 4 is 11.9 Å². The van der Waals surface area contributed by atoms with Crippen molar-refractivity contribution in [3.63, 3.8) is 0 Å². The van der Waals surface area contributed by atoms with Crippen LogP contribution in [0, 0.1) is 11.8 Å². The number of amides is 1. The highest BCUT2D eigenvalue weighted by Crippen LogP contribution is 2.38. The summed E-state index contributed by atoms with van der Waals surface area (Å²) in [7, 11) is 1.74. The Morgan fingerprint density at radius 2 is 2.38 bits per heavy atom. The van der Waals surface area contributed by atoms with Crippen molar-refractivity contribution < 1.29 is 14.7 Å². The number of aromatic nitrogens is 3. The molecule has 7 heteroatoms. The fourth-order valence-electron chi connectivity index (χ4n) is 1.52.